The van der Waals surface area contributed by atoms with E-state index in [-0.39, 0.29) is 11.7 Å². The van der Waals surface area contributed by atoms with E-state index in [1.165, 1.54) is 5.56 Å². The number of likely N-dealkylation sites (N-methyl/N-ethyl adjacent to an activating group) is 1. The van der Waals surface area contributed by atoms with Crippen LogP contribution in [0.4, 0.5) is 0 Å². The van der Waals surface area contributed by atoms with Gasteiger partial charge in [-0.05, 0) is 48.9 Å². The first kappa shape index (κ1) is 18.3. The van der Waals surface area contributed by atoms with Crippen LogP contribution in [0.3, 0.4) is 0 Å². The number of aryl methyl sites for hydroxylation is 1. The number of hydrogen-bond donors (Lipinski definition) is 0. The maximum Gasteiger partial charge on any atom is 0.336 e. The molecule has 0 aliphatic carbocycles. The SMILES string of the molecule is CCc1ccc2oc(=O)cc(CN(C)[C@H](COC)c3ccccn3)c2c1. The molecule has 136 valence electrons. The molecular weight excluding hydrogens is 328 g/mol. The molecular formula is C21H24N2O3. The van der Waals surface area contributed by atoms with Crippen molar-refractivity contribution in [3.05, 3.63) is 75.9 Å². The second-order valence-electron chi connectivity index (χ2n) is 6.42. The van der Waals surface area contributed by atoms with E-state index in [0.29, 0.717) is 18.7 Å². The van der Waals surface area contributed by atoms with Crippen LogP contribution in [0.5, 0.6) is 0 Å². The van der Waals surface area contributed by atoms with Crippen molar-refractivity contribution < 1.29 is 9.15 Å². The molecule has 0 fully saturated rings. The van der Waals surface area contributed by atoms with Gasteiger partial charge in [-0.25, -0.2) is 4.79 Å². The average Bonchev–Trinajstić information content (AvgIpc) is 2.66. The Kier molecular flexibility index (Phi) is 5.81. The summed E-state index contributed by atoms with van der Waals surface area (Å²) in [5, 5.41) is 0.980. The van der Waals surface area contributed by atoms with E-state index in [0.717, 1.165) is 23.1 Å². The van der Waals surface area contributed by atoms with Crippen molar-refractivity contribution in [2.45, 2.75) is 25.9 Å². The van der Waals surface area contributed by atoms with Gasteiger partial charge in [0.2, 0.25) is 0 Å². The van der Waals surface area contributed by atoms with Crippen molar-refractivity contribution in [3.8, 4) is 0 Å². The Bertz CT molecular complexity index is 921. The Hall–Kier alpha value is -2.50. The first-order valence-electron chi connectivity index (χ1n) is 8.78. The molecule has 3 rings (SSSR count). The monoisotopic (exact) mass is 352 g/mol. The van der Waals surface area contributed by atoms with E-state index in [1.807, 2.05) is 37.4 Å². The molecule has 1 aromatic carbocycles. The number of methoxy groups -OCH3 is 1. The van der Waals surface area contributed by atoms with Gasteiger partial charge in [-0.2, -0.15) is 0 Å². The molecule has 0 bridgehead atoms. The lowest BCUT2D eigenvalue weighted by atomic mass is 10.0. The molecule has 0 spiro atoms. The van der Waals surface area contributed by atoms with Crippen molar-refractivity contribution in [3.63, 3.8) is 0 Å². The van der Waals surface area contributed by atoms with Crippen LogP contribution >= 0.6 is 0 Å². The molecule has 0 amide bonds. The summed E-state index contributed by atoms with van der Waals surface area (Å²) in [7, 11) is 3.70. The van der Waals surface area contributed by atoms with Crippen LogP contribution in [0.2, 0.25) is 0 Å². The summed E-state index contributed by atoms with van der Waals surface area (Å²) < 4.78 is 10.8. The Balaban J connectivity index is 1.97. The van der Waals surface area contributed by atoms with Gasteiger partial charge in [-0.1, -0.05) is 19.1 Å². The number of aromatic nitrogens is 1. The topological polar surface area (TPSA) is 55.6 Å². The van der Waals surface area contributed by atoms with Crippen molar-refractivity contribution >= 4 is 11.0 Å². The highest BCUT2D eigenvalue weighted by molar-refractivity contribution is 5.80. The molecule has 5 heteroatoms. The van der Waals surface area contributed by atoms with Gasteiger partial charge in [0.05, 0.1) is 18.3 Å². The first-order valence-corrected chi connectivity index (χ1v) is 8.78. The zero-order chi connectivity index (χ0) is 18.5. The van der Waals surface area contributed by atoms with Gasteiger partial charge < -0.3 is 9.15 Å². The second-order valence-corrected chi connectivity index (χ2v) is 6.42. The van der Waals surface area contributed by atoms with Crippen LogP contribution in [0.15, 0.2) is 57.9 Å². The molecule has 0 radical (unpaired) electrons. The number of pyridine rings is 1. The van der Waals surface area contributed by atoms with Crippen molar-refractivity contribution in [2.75, 3.05) is 20.8 Å². The van der Waals surface area contributed by atoms with Gasteiger partial charge in [-0.3, -0.25) is 9.88 Å². The summed E-state index contributed by atoms with van der Waals surface area (Å²) in [5.74, 6) is 0. The highest BCUT2D eigenvalue weighted by Crippen LogP contribution is 2.24. The lowest BCUT2D eigenvalue weighted by Crippen LogP contribution is -2.28. The Morgan fingerprint density at radius 2 is 2.08 bits per heavy atom. The molecule has 0 unspecified atom stereocenters. The fourth-order valence-corrected chi connectivity index (χ4v) is 3.17. The smallest absolute Gasteiger partial charge is 0.336 e. The standard InChI is InChI=1S/C21H24N2O3/c1-4-15-8-9-20-17(11-15)16(12-21(24)26-20)13-23(2)19(14-25-3)18-7-5-6-10-22-18/h5-12,19H,4,13-14H2,1-3H3/t19-/m1/s1. The molecule has 5 nitrogen and oxygen atoms in total. The lowest BCUT2D eigenvalue weighted by molar-refractivity contribution is 0.100. The number of nitrogens with zero attached hydrogens (tertiary/aromatic N) is 2. The van der Waals surface area contributed by atoms with E-state index in [4.69, 9.17) is 9.15 Å². The van der Waals surface area contributed by atoms with Gasteiger partial charge >= 0.3 is 5.63 Å². The van der Waals surface area contributed by atoms with Crippen molar-refractivity contribution in [1.82, 2.24) is 9.88 Å². The summed E-state index contributed by atoms with van der Waals surface area (Å²) in [6.45, 7) is 3.23. The fraction of sp³-hybridized carbons (Fsp3) is 0.333. The normalized spacial score (nSPS) is 12.6. The third-order valence-electron chi connectivity index (χ3n) is 4.61. The molecule has 0 aliphatic rings. The fourth-order valence-electron chi connectivity index (χ4n) is 3.17. The maximum absolute atomic E-state index is 12.0. The number of benzene rings is 1. The third kappa shape index (κ3) is 4.00. The van der Waals surface area contributed by atoms with Gasteiger partial charge in [-0.15, -0.1) is 0 Å². The number of fused-ring (bicyclic) bond motifs is 1. The number of hydrogen-bond acceptors (Lipinski definition) is 5. The molecule has 0 N–H and O–H groups in total. The Morgan fingerprint density at radius 1 is 1.23 bits per heavy atom. The van der Waals surface area contributed by atoms with Crippen LogP contribution in [-0.4, -0.2) is 30.6 Å². The average molecular weight is 352 g/mol. The lowest BCUT2D eigenvalue weighted by Gasteiger charge is -2.27. The third-order valence-corrected chi connectivity index (χ3v) is 4.61. The molecule has 0 saturated carbocycles. The highest BCUT2D eigenvalue weighted by Gasteiger charge is 2.19. The van der Waals surface area contributed by atoms with Crippen molar-refractivity contribution in [1.29, 1.82) is 0 Å². The maximum atomic E-state index is 12.0. The van der Waals surface area contributed by atoms with Crippen LogP contribution in [0, 0.1) is 0 Å². The van der Waals surface area contributed by atoms with Crippen LogP contribution in [0.1, 0.15) is 29.8 Å². The Labute approximate surface area is 153 Å². The highest BCUT2D eigenvalue weighted by atomic mass is 16.5. The minimum Gasteiger partial charge on any atom is -0.423 e. The van der Waals surface area contributed by atoms with Gasteiger partial charge in [0, 0.05) is 31.3 Å². The summed E-state index contributed by atoms with van der Waals surface area (Å²) in [6.07, 6.45) is 2.72. The van der Waals surface area contributed by atoms with E-state index in [1.54, 1.807) is 19.4 Å². The summed E-state index contributed by atoms with van der Waals surface area (Å²) in [4.78, 5) is 18.6. The molecule has 1 atom stereocenters. The molecule has 0 aliphatic heterocycles. The van der Waals surface area contributed by atoms with E-state index < -0.39 is 0 Å². The minimum atomic E-state index is -0.328. The van der Waals surface area contributed by atoms with E-state index in [9.17, 15) is 4.79 Å². The Morgan fingerprint density at radius 3 is 2.77 bits per heavy atom. The van der Waals surface area contributed by atoms with Gasteiger partial charge in [0.1, 0.15) is 5.58 Å². The second kappa shape index (κ2) is 8.25. The van der Waals surface area contributed by atoms with Crippen LogP contribution in [-0.2, 0) is 17.7 Å². The van der Waals surface area contributed by atoms with Crippen LogP contribution in [0.25, 0.3) is 11.0 Å². The number of rotatable bonds is 7. The zero-order valence-electron chi connectivity index (χ0n) is 15.4. The quantitative estimate of drug-likeness (QED) is 0.609. The molecule has 2 heterocycles. The molecule has 3 aromatic rings. The predicted octanol–water partition coefficient (Wildman–Crippen LogP) is 3.57. The molecule has 2 aromatic heterocycles. The minimum absolute atomic E-state index is 0.00199. The van der Waals surface area contributed by atoms with Gasteiger partial charge in [0.25, 0.3) is 0 Å². The predicted molar refractivity (Wildman–Crippen MR) is 102 cm³/mol. The van der Waals surface area contributed by atoms with E-state index >= 15 is 0 Å². The van der Waals surface area contributed by atoms with Gasteiger partial charge in [0.15, 0.2) is 0 Å². The first-order chi connectivity index (χ1) is 12.6. The summed E-state index contributed by atoms with van der Waals surface area (Å²) in [5.41, 5.74) is 3.41. The zero-order valence-corrected chi connectivity index (χ0v) is 15.4. The number of ether oxygens (including phenoxy) is 1. The van der Waals surface area contributed by atoms with E-state index in [2.05, 4.69) is 22.9 Å². The summed E-state index contributed by atoms with van der Waals surface area (Å²) in [6, 6.07) is 13.4. The van der Waals surface area contributed by atoms with Crippen molar-refractivity contribution in [2.24, 2.45) is 0 Å². The molecule has 0 saturated heterocycles. The van der Waals surface area contributed by atoms with Crippen LogP contribution < -0.4 is 5.63 Å². The summed E-state index contributed by atoms with van der Waals surface area (Å²) >= 11 is 0. The largest absolute Gasteiger partial charge is 0.423 e. The molecule has 26 heavy (non-hydrogen) atoms.